The molecule has 0 saturated carbocycles. The van der Waals surface area contributed by atoms with E-state index in [0.717, 1.165) is 5.56 Å². The number of hydrogen-bond donors (Lipinski definition) is 0. The molecule has 1 atom stereocenters. The number of ketones is 1. The summed E-state index contributed by atoms with van der Waals surface area (Å²) in [5.74, 6) is -0.364. The second kappa shape index (κ2) is 6.24. The van der Waals surface area contributed by atoms with E-state index in [1.54, 1.807) is 24.3 Å². The number of Topliss-reactive ketones (excluding diaryl/α,β-unsaturated/α-hetero) is 1. The third-order valence-corrected chi connectivity index (χ3v) is 2.77. The van der Waals surface area contributed by atoms with Crippen LogP contribution in [0.1, 0.15) is 12.0 Å². The maximum Gasteiger partial charge on any atom is 0.229 e. The van der Waals surface area contributed by atoms with E-state index in [1.807, 2.05) is 0 Å². The van der Waals surface area contributed by atoms with Crippen molar-refractivity contribution in [3.63, 3.8) is 0 Å². The van der Waals surface area contributed by atoms with Gasteiger partial charge in [-0.2, -0.15) is 0 Å². The average molecular weight is 280 g/mol. The molecule has 0 spiro atoms. The quantitative estimate of drug-likeness (QED) is 0.471. The lowest BCUT2D eigenvalue weighted by Gasteiger charge is -2.07. The van der Waals surface area contributed by atoms with Crippen molar-refractivity contribution in [2.24, 2.45) is 0 Å². The van der Waals surface area contributed by atoms with Crippen molar-refractivity contribution in [3.05, 3.63) is 34.9 Å². The molecular formula is C11H9Cl3O2. The van der Waals surface area contributed by atoms with Crippen LogP contribution in [0, 0.1) is 0 Å². The third kappa shape index (κ3) is 4.52. The second-order valence-electron chi connectivity index (χ2n) is 3.30. The number of carbonyl (C=O) groups is 2. The van der Waals surface area contributed by atoms with Gasteiger partial charge in [-0.05, 0) is 35.7 Å². The highest BCUT2D eigenvalue weighted by Gasteiger charge is 2.18. The molecule has 16 heavy (non-hydrogen) atoms. The molecule has 0 aliphatic rings. The molecule has 0 heterocycles. The number of benzene rings is 1. The molecule has 0 fully saturated rings. The molecule has 1 unspecified atom stereocenters. The molecule has 0 N–H and O–H groups in total. The normalized spacial score (nSPS) is 12.2. The van der Waals surface area contributed by atoms with Crippen molar-refractivity contribution in [2.45, 2.75) is 18.2 Å². The Bertz CT molecular complexity index is 387. The van der Waals surface area contributed by atoms with Gasteiger partial charge in [0.1, 0.15) is 0 Å². The second-order valence-corrected chi connectivity index (χ2v) is 4.68. The molecule has 0 radical (unpaired) electrons. The van der Waals surface area contributed by atoms with Crippen LogP contribution in [-0.2, 0) is 16.0 Å². The van der Waals surface area contributed by atoms with Crippen LogP contribution < -0.4 is 0 Å². The topological polar surface area (TPSA) is 34.1 Å². The summed E-state index contributed by atoms with van der Waals surface area (Å²) < 4.78 is 0. The average Bonchev–Trinajstić information content (AvgIpc) is 2.20. The highest BCUT2D eigenvalue weighted by atomic mass is 35.5. The fourth-order valence-electron chi connectivity index (χ4n) is 1.19. The number of carbonyl (C=O) groups excluding carboxylic acids is 2. The molecule has 0 bridgehead atoms. The summed E-state index contributed by atoms with van der Waals surface area (Å²) in [7, 11) is 0. The van der Waals surface area contributed by atoms with E-state index in [9.17, 15) is 9.59 Å². The molecule has 2 nitrogen and oxygen atoms in total. The largest absolute Gasteiger partial charge is 0.297 e. The molecule has 1 rings (SSSR count). The van der Waals surface area contributed by atoms with Gasteiger partial charge in [0.05, 0.1) is 11.8 Å². The van der Waals surface area contributed by atoms with Gasteiger partial charge in [-0.1, -0.05) is 23.7 Å². The van der Waals surface area contributed by atoms with Gasteiger partial charge in [-0.3, -0.25) is 9.59 Å². The maximum absolute atomic E-state index is 11.4. The fourth-order valence-corrected chi connectivity index (χ4v) is 1.70. The minimum atomic E-state index is -0.733. The van der Waals surface area contributed by atoms with Crippen molar-refractivity contribution in [3.8, 4) is 0 Å². The Morgan fingerprint density at radius 1 is 1.19 bits per heavy atom. The smallest absolute Gasteiger partial charge is 0.229 e. The van der Waals surface area contributed by atoms with Gasteiger partial charge in [0.25, 0.3) is 0 Å². The van der Waals surface area contributed by atoms with Crippen LogP contribution in [0.2, 0.25) is 5.02 Å². The van der Waals surface area contributed by atoms with Crippen LogP contribution in [0.25, 0.3) is 0 Å². The summed E-state index contributed by atoms with van der Waals surface area (Å²) in [4.78, 5) is 21.9. The first-order valence-electron chi connectivity index (χ1n) is 4.58. The minimum Gasteiger partial charge on any atom is -0.297 e. The first kappa shape index (κ1) is 13.5. The van der Waals surface area contributed by atoms with E-state index in [2.05, 4.69) is 0 Å². The summed E-state index contributed by atoms with van der Waals surface area (Å²) in [6.07, 6.45) is 0.0328. The lowest BCUT2D eigenvalue weighted by atomic mass is 10.1. The van der Waals surface area contributed by atoms with Crippen LogP contribution in [0.15, 0.2) is 24.3 Å². The molecule has 86 valence electrons. The van der Waals surface area contributed by atoms with Crippen molar-refractivity contribution < 1.29 is 9.59 Å². The summed E-state index contributed by atoms with van der Waals surface area (Å²) in [6, 6.07) is 7.01. The van der Waals surface area contributed by atoms with Gasteiger partial charge < -0.3 is 0 Å². The van der Waals surface area contributed by atoms with Crippen molar-refractivity contribution in [1.29, 1.82) is 0 Å². The number of halogens is 3. The lowest BCUT2D eigenvalue weighted by molar-refractivity contribution is -0.123. The fraction of sp³-hybridized carbons (Fsp3) is 0.273. The summed E-state index contributed by atoms with van der Waals surface area (Å²) in [6.45, 7) is 0. The van der Waals surface area contributed by atoms with E-state index < -0.39 is 10.6 Å². The molecule has 0 aromatic heterocycles. The predicted molar refractivity (Wildman–Crippen MR) is 65.3 cm³/mol. The van der Waals surface area contributed by atoms with E-state index in [-0.39, 0.29) is 12.2 Å². The van der Waals surface area contributed by atoms with E-state index in [4.69, 9.17) is 34.8 Å². The Labute approximate surface area is 108 Å². The zero-order valence-corrected chi connectivity index (χ0v) is 10.5. The molecule has 0 aliphatic carbocycles. The molecule has 5 heteroatoms. The Kier molecular flexibility index (Phi) is 5.26. The Morgan fingerprint density at radius 2 is 1.75 bits per heavy atom. The maximum atomic E-state index is 11.4. The lowest BCUT2D eigenvalue weighted by Crippen LogP contribution is -2.18. The number of hydrogen-bond acceptors (Lipinski definition) is 2. The molecule has 0 aliphatic heterocycles. The van der Waals surface area contributed by atoms with Gasteiger partial charge in [0, 0.05) is 5.02 Å². The van der Waals surface area contributed by atoms with Crippen LogP contribution >= 0.6 is 34.8 Å². The van der Waals surface area contributed by atoms with Crippen LogP contribution in [-0.4, -0.2) is 16.4 Å². The highest BCUT2D eigenvalue weighted by Crippen LogP contribution is 2.14. The van der Waals surface area contributed by atoms with E-state index in [0.29, 0.717) is 11.4 Å². The highest BCUT2D eigenvalue weighted by molar-refractivity contribution is 6.65. The minimum absolute atomic E-state index is 0.330. The van der Waals surface area contributed by atoms with Gasteiger partial charge >= 0.3 is 0 Å². The Morgan fingerprint density at radius 3 is 2.25 bits per heavy atom. The SMILES string of the molecule is O=C(Cl)CC(=O)C(Cl)Cc1ccc(Cl)cc1. The van der Waals surface area contributed by atoms with Gasteiger partial charge in [-0.25, -0.2) is 0 Å². The molecule has 0 amide bonds. The van der Waals surface area contributed by atoms with E-state index >= 15 is 0 Å². The van der Waals surface area contributed by atoms with Gasteiger partial charge in [0.2, 0.25) is 5.24 Å². The van der Waals surface area contributed by atoms with Crippen LogP contribution in [0.5, 0.6) is 0 Å². The van der Waals surface area contributed by atoms with Crippen molar-refractivity contribution >= 4 is 45.8 Å². The first-order valence-corrected chi connectivity index (χ1v) is 5.78. The zero-order valence-electron chi connectivity index (χ0n) is 8.25. The van der Waals surface area contributed by atoms with Crippen molar-refractivity contribution in [2.75, 3.05) is 0 Å². The third-order valence-electron chi connectivity index (χ3n) is 1.99. The molecule has 1 aromatic rings. The monoisotopic (exact) mass is 278 g/mol. The predicted octanol–water partition coefficient (Wildman–Crippen LogP) is 3.21. The summed E-state index contributed by atoms with van der Waals surface area (Å²) in [5.41, 5.74) is 0.889. The van der Waals surface area contributed by atoms with Crippen LogP contribution in [0.3, 0.4) is 0 Å². The zero-order chi connectivity index (χ0) is 12.1. The Hall–Kier alpha value is -0.570. The summed E-state index contributed by atoms with van der Waals surface area (Å²) >= 11 is 16.7. The number of alkyl halides is 1. The molecular weight excluding hydrogens is 270 g/mol. The standard InChI is InChI=1S/C11H9Cl3O2/c12-8-3-1-7(2-4-8)5-9(13)10(15)6-11(14)16/h1-4,9H,5-6H2. The summed E-state index contributed by atoms with van der Waals surface area (Å²) in [5, 5.41) is -0.798. The van der Waals surface area contributed by atoms with Crippen molar-refractivity contribution in [1.82, 2.24) is 0 Å². The molecule has 0 saturated heterocycles. The van der Waals surface area contributed by atoms with Gasteiger partial charge in [0.15, 0.2) is 5.78 Å². The first-order chi connectivity index (χ1) is 7.49. The number of rotatable bonds is 5. The van der Waals surface area contributed by atoms with Crippen LogP contribution in [0.4, 0.5) is 0 Å². The van der Waals surface area contributed by atoms with Gasteiger partial charge in [-0.15, -0.1) is 11.6 Å². The van der Waals surface area contributed by atoms with E-state index in [1.165, 1.54) is 0 Å². The Balaban J connectivity index is 2.57. The molecule has 1 aromatic carbocycles.